The molecule has 1 aromatic heterocycles. The van der Waals surface area contributed by atoms with Crippen LogP contribution in [0.1, 0.15) is 29.1 Å². The number of rotatable bonds is 8. The van der Waals surface area contributed by atoms with Crippen LogP contribution in [0.25, 0.3) is 0 Å². The van der Waals surface area contributed by atoms with Gasteiger partial charge in [0.1, 0.15) is 6.04 Å². The number of nitrogens with zero attached hydrogens (tertiary/aromatic N) is 1. The zero-order valence-electron chi connectivity index (χ0n) is 16.1. The summed E-state index contributed by atoms with van der Waals surface area (Å²) < 4.78 is 5.04. The van der Waals surface area contributed by atoms with Gasteiger partial charge in [0.15, 0.2) is 6.61 Å². The van der Waals surface area contributed by atoms with E-state index in [1.54, 1.807) is 38.3 Å². The number of aryl methyl sites for hydroxylation is 1. The molecule has 0 bridgehead atoms. The fraction of sp³-hybridized carbons (Fsp3) is 0.316. The highest BCUT2D eigenvalue weighted by atomic mass is 32.1. The van der Waals surface area contributed by atoms with Gasteiger partial charge in [-0.1, -0.05) is 26.0 Å². The van der Waals surface area contributed by atoms with Gasteiger partial charge in [0.05, 0.1) is 15.5 Å². The van der Waals surface area contributed by atoms with Crippen molar-refractivity contribution in [2.24, 2.45) is 5.92 Å². The van der Waals surface area contributed by atoms with E-state index in [2.05, 4.69) is 10.6 Å². The first-order valence-corrected chi connectivity index (χ1v) is 9.63. The summed E-state index contributed by atoms with van der Waals surface area (Å²) in [4.78, 5) is 47.4. The van der Waals surface area contributed by atoms with Gasteiger partial charge < -0.3 is 15.4 Å². The quantitative estimate of drug-likeness (QED) is 0.385. The lowest BCUT2D eigenvalue weighted by atomic mass is 10.0. The van der Waals surface area contributed by atoms with Crippen LogP contribution in [0.2, 0.25) is 0 Å². The third-order valence-electron chi connectivity index (χ3n) is 4.00. The number of nitrogens with one attached hydrogen (secondary N) is 2. The van der Waals surface area contributed by atoms with Crippen molar-refractivity contribution in [2.75, 3.05) is 11.9 Å². The van der Waals surface area contributed by atoms with Crippen molar-refractivity contribution < 1.29 is 24.0 Å². The molecular weight excluding hydrogens is 398 g/mol. The van der Waals surface area contributed by atoms with E-state index in [4.69, 9.17) is 4.74 Å². The maximum absolute atomic E-state index is 12.4. The fourth-order valence-electron chi connectivity index (χ4n) is 2.39. The number of carbonyl (C=O) groups is 3. The number of carbonyl (C=O) groups excluding carboxylic acids is 3. The Kier molecular flexibility index (Phi) is 7.43. The summed E-state index contributed by atoms with van der Waals surface area (Å²) in [6.07, 6.45) is 0. The Morgan fingerprint density at radius 3 is 2.55 bits per heavy atom. The average molecular weight is 419 g/mol. The van der Waals surface area contributed by atoms with E-state index in [9.17, 15) is 24.5 Å². The second-order valence-electron chi connectivity index (χ2n) is 6.58. The lowest BCUT2D eigenvalue weighted by molar-refractivity contribution is -0.384. The molecule has 2 N–H and O–H groups in total. The topological polar surface area (TPSA) is 128 Å². The smallest absolute Gasteiger partial charge is 0.329 e. The molecule has 0 spiro atoms. The molecule has 2 aromatic rings. The summed E-state index contributed by atoms with van der Waals surface area (Å²) in [7, 11) is 0. The Bertz CT molecular complexity index is 911. The van der Waals surface area contributed by atoms with Crippen LogP contribution in [-0.2, 0) is 14.3 Å². The molecular formula is C19H21N3O6S. The van der Waals surface area contributed by atoms with Crippen LogP contribution in [0.15, 0.2) is 35.7 Å². The number of hydrogen-bond donors (Lipinski definition) is 2. The maximum Gasteiger partial charge on any atom is 0.329 e. The lowest BCUT2D eigenvalue weighted by Gasteiger charge is -2.20. The minimum absolute atomic E-state index is 0.168. The Morgan fingerprint density at radius 1 is 1.24 bits per heavy atom. The standard InChI is InChI=1S/C19H21N3O6S/c1-11(2)17(21-18(24)15-5-4-8-29-15)19(25)28-10-16(23)20-14-9-13(22(26)27)7-6-12(14)3/h4-9,11,17H,10H2,1-3H3,(H,20,23)(H,21,24)/t17-/m1/s1. The highest BCUT2D eigenvalue weighted by molar-refractivity contribution is 7.12. The third kappa shape index (κ3) is 6.11. The summed E-state index contributed by atoms with van der Waals surface area (Å²) in [6, 6.07) is 6.51. The summed E-state index contributed by atoms with van der Waals surface area (Å²) >= 11 is 1.24. The number of nitro groups is 1. The first kappa shape index (κ1) is 22.0. The molecule has 0 aliphatic rings. The molecule has 1 aromatic carbocycles. The van der Waals surface area contributed by atoms with Crippen LogP contribution >= 0.6 is 11.3 Å². The van der Waals surface area contributed by atoms with Gasteiger partial charge in [-0.2, -0.15) is 0 Å². The molecule has 0 unspecified atom stereocenters. The van der Waals surface area contributed by atoms with Gasteiger partial charge in [-0.25, -0.2) is 4.79 Å². The summed E-state index contributed by atoms with van der Waals surface area (Å²) in [5, 5.41) is 17.7. The molecule has 2 rings (SSSR count). The van der Waals surface area contributed by atoms with Crippen LogP contribution < -0.4 is 10.6 Å². The van der Waals surface area contributed by atoms with Crippen molar-refractivity contribution in [1.29, 1.82) is 0 Å². The van der Waals surface area contributed by atoms with Crippen molar-refractivity contribution in [3.63, 3.8) is 0 Å². The summed E-state index contributed by atoms with van der Waals surface area (Å²) in [5.74, 6) is -2.04. The Balaban J connectivity index is 1.95. The molecule has 10 heteroatoms. The normalized spacial score (nSPS) is 11.6. The van der Waals surface area contributed by atoms with Gasteiger partial charge in [0.2, 0.25) is 0 Å². The highest BCUT2D eigenvalue weighted by Gasteiger charge is 2.27. The summed E-state index contributed by atoms with van der Waals surface area (Å²) in [5.41, 5.74) is 0.712. The molecule has 2 amide bonds. The first-order valence-electron chi connectivity index (χ1n) is 8.75. The first-order chi connectivity index (χ1) is 13.7. The number of non-ortho nitro benzene ring substituents is 1. The molecule has 29 heavy (non-hydrogen) atoms. The molecule has 1 heterocycles. The van der Waals surface area contributed by atoms with E-state index >= 15 is 0 Å². The third-order valence-corrected chi connectivity index (χ3v) is 4.87. The van der Waals surface area contributed by atoms with Gasteiger partial charge in [0.25, 0.3) is 17.5 Å². The number of benzene rings is 1. The number of thiophene rings is 1. The number of esters is 1. The van der Waals surface area contributed by atoms with Crippen molar-refractivity contribution in [3.8, 4) is 0 Å². The minimum atomic E-state index is -0.919. The van der Waals surface area contributed by atoms with Crippen LogP contribution in [0.5, 0.6) is 0 Å². The number of anilines is 1. The number of hydrogen-bond acceptors (Lipinski definition) is 7. The van der Waals surface area contributed by atoms with Crippen LogP contribution in [-0.4, -0.2) is 35.4 Å². The minimum Gasteiger partial charge on any atom is -0.454 e. The lowest BCUT2D eigenvalue weighted by Crippen LogP contribution is -2.45. The largest absolute Gasteiger partial charge is 0.454 e. The fourth-order valence-corrected chi connectivity index (χ4v) is 3.02. The van der Waals surface area contributed by atoms with Gasteiger partial charge >= 0.3 is 5.97 Å². The number of ether oxygens (including phenoxy) is 1. The van der Waals surface area contributed by atoms with Gasteiger partial charge in [-0.3, -0.25) is 19.7 Å². The molecule has 154 valence electrons. The average Bonchev–Trinajstić information content (AvgIpc) is 3.20. The number of amides is 2. The van der Waals surface area contributed by atoms with E-state index in [1.807, 2.05) is 0 Å². The Labute approximate surface area is 171 Å². The SMILES string of the molecule is Cc1ccc([N+](=O)[O-])cc1NC(=O)COC(=O)[C@H](NC(=O)c1cccs1)C(C)C. The van der Waals surface area contributed by atoms with Crippen molar-refractivity contribution in [2.45, 2.75) is 26.8 Å². The van der Waals surface area contributed by atoms with Gasteiger partial charge in [-0.05, 0) is 29.9 Å². The Hall–Kier alpha value is -3.27. The van der Waals surface area contributed by atoms with E-state index < -0.39 is 35.4 Å². The second kappa shape index (κ2) is 9.78. The van der Waals surface area contributed by atoms with E-state index in [1.165, 1.54) is 29.5 Å². The molecule has 0 aliphatic heterocycles. The van der Waals surface area contributed by atoms with E-state index in [0.29, 0.717) is 10.4 Å². The summed E-state index contributed by atoms with van der Waals surface area (Å²) in [6.45, 7) is 4.58. The molecule has 0 fully saturated rings. The molecule has 0 aliphatic carbocycles. The molecule has 0 radical (unpaired) electrons. The maximum atomic E-state index is 12.4. The van der Waals surface area contributed by atoms with Crippen LogP contribution in [0.4, 0.5) is 11.4 Å². The molecule has 0 saturated heterocycles. The zero-order valence-corrected chi connectivity index (χ0v) is 16.9. The molecule has 0 saturated carbocycles. The second-order valence-corrected chi connectivity index (χ2v) is 7.53. The predicted molar refractivity (Wildman–Crippen MR) is 108 cm³/mol. The van der Waals surface area contributed by atoms with Crippen molar-refractivity contribution in [3.05, 3.63) is 56.3 Å². The van der Waals surface area contributed by atoms with E-state index in [-0.39, 0.29) is 17.3 Å². The highest BCUT2D eigenvalue weighted by Crippen LogP contribution is 2.21. The van der Waals surface area contributed by atoms with Gasteiger partial charge in [0, 0.05) is 12.1 Å². The number of nitro benzene ring substituents is 1. The molecule has 9 nitrogen and oxygen atoms in total. The Morgan fingerprint density at radius 2 is 1.97 bits per heavy atom. The van der Waals surface area contributed by atoms with Crippen molar-refractivity contribution >= 4 is 40.5 Å². The van der Waals surface area contributed by atoms with Crippen LogP contribution in [0, 0.1) is 23.0 Å². The van der Waals surface area contributed by atoms with Crippen molar-refractivity contribution in [1.82, 2.24) is 5.32 Å². The van der Waals surface area contributed by atoms with E-state index in [0.717, 1.165) is 0 Å². The molecule has 1 atom stereocenters. The monoisotopic (exact) mass is 419 g/mol. The zero-order chi connectivity index (χ0) is 21.6. The van der Waals surface area contributed by atoms with Gasteiger partial charge in [-0.15, -0.1) is 11.3 Å². The van der Waals surface area contributed by atoms with Crippen LogP contribution in [0.3, 0.4) is 0 Å². The predicted octanol–water partition coefficient (Wildman–Crippen LogP) is 2.90.